The first-order valence-corrected chi connectivity index (χ1v) is 10.4. The Kier molecular flexibility index (Phi) is 9.48. The summed E-state index contributed by atoms with van der Waals surface area (Å²) in [4.78, 5) is 25.0. The summed E-state index contributed by atoms with van der Waals surface area (Å²) in [7, 11) is 1.28. The smallest absolute Gasteiger partial charge is 0.338 e. The van der Waals surface area contributed by atoms with Crippen LogP contribution in [0.3, 0.4) is 0 Å². The Hall–Kier alpha value is -3.60. The first-order valence-electron chi connectivity index (χ1n) is 10.4. The van der Waals surface area contributed by atoms with E-state index < -0.39 is 5.97 Å². The van der Waals surface area contributed by atoms with Crippen molar-refractivity contribution in [3.05, 3.63) is 88.5 Å². The van der Waals surface area contributed by atoms with Gasteiger partial charge in [-0.15, -0.1) is 0 Å². The van der Waals surface area contributed by atoms with E-state index in [-0.39, 0.29) is 16.9 Å². The van der Waals surface area contributed by atoms with Crippen molar-refractivity contribution < 1.29 is 23.8 Å². The maximum Gasteiger partial charge on any atom is 0.338 e. The molecule has 0 spiro atoms. The fraction of sp³-hybridized carbons (Fsp3) is 0.259. The van der Waals surface area contributed by atoms with E-state index in [1.807, 2.05) is 64.1 Å². The molecule has 0 amide bonds. The summed E-state index contributed by atoms with van der Waals surface area (Å²) in [6, 6.07) is 12.2. The fourth-order valence-corrected chi connectivity index (χ4v) is 2.65. The van der Waals surface area contributed by atoms with Crippen molar-refractivity contribution in [2.45, 2.75) is 27.7 Å². The van der Waals surface area contributed by atoms with Crippen molar-refractivity contribution in [2.75, 3.05) is 20.3 Å². The highest BCUT2D eigenvalue weighted by Gasteiger charge is 2.17. The summed E-state index contributed by atoms with van der Waals surface area (Å²) >= 11 is 0. The van der Waals surface area contributed by atoms with Gasteiger partial charge in [0.2, 0.25) is 0 Å². The normalized spacial score (nSPS) is 10.4. The molecule has 0 unspecified atom stereocenters. The van der Waals surface area contributed by atoms with E-state index in [9.17, 15) is 9.59 Å². The molecule has 0 bridgehead atoms. The third-order valence-corrected chi connectivity index (χ3v) is 4.45. The highest BCUT2D eigenvalue weighted by Crippen LogP contribution is 2.21. The molecule has 0 aliphatic heterocycles. The van der Waals surface area contributed by atoms with Crippen LogP contribution in [0.25, 0.3) is 6.08 Å². The lowest BCUT2D eigenvalue weighted by Gasteiger charge is -2.09. The van der Waals surface area contributed by atoms with Gasteiger partial charge in [-0.1, -0.05) is 29.4 Å². The second-order valence-corrected chi connectivity index (χ2v) is 7.65. The Labute approximate surface area is 190 Å². The summed E-state index contributed by atoms with van der Waals surface area (Å²) in [5.74, 6) is 0.354. The van der Waals surface area contributed by atoms with Gasteiger partial charge in [0.15, 0.2) is 5.78 Å². The molecule has 2 aromatic rings. The topological polar surface area (TPSA) is 61.8 Å². The third-order valence-electron chi connectivity index (χ3n) is 4.45. The van der Waals surface area contributed by atoms with Gasteiger partial charge in [0.1, 0.15) is 24.7 Å². The van der Waals surface area contributed by atoms with E-state index in [0.717, 1.165) is 16.9 Å². The number of ether oxygens (including phenoxy) is 3. The Balaban J connectivity index is 2.13. The van der Waals surface area contributed by atoms with Crippen molar-refractivity contribution in [2.24, 2.45) is 0 Å². The zero-order chi connectivity index (χ0) is 23.5. The van der Waals surface area contributed by atoms with Crippen LogP contribution >= 0.6 is 0 Å². The van der Waals surface area contributed by atoms with Gasteiger partial charge in [-0.3, -0.25) is 4.79 Å². The molecule has 0 atom stereocenters. The predicted octanol–water partition coefficient (Wildman–Crippen LogP) is 6.06. The second-order valence-electron chi connectivity index (χ2n) is 7.65. The maximum atomic E-state index is 12.8. The minimum Gasteiger partial charge on any atom is -0.490 e. The molecule has 0 fully saturated rings. The van der Waals surface area contributed by atoms with Crippen LogP contribution < -0.4 is 9.47 Å². The SMILES string of the molecule is COC(=O)c1cc(OCC=C(C)C)ccc1C(=O)/C=C/c1ccc(OCC=C(C)C)cc1. The van der Waals surface area contributed by atoms with Crippen molar-refractivity contribution in [1.29, 1.82) is 0 Å². The molecule has 168 valence electrons. The standard InChI is InChI=1S/C27H30O5/c1-19(2)14-16-31-22-9-6-21(7-10-22)8-13-26(28)24-12-11-23(32-17-15-20(3)4)18-25(24)27(29)30-5/h6-15,18H,16-17H2,1-5H3/b13-8+. The lowest BCUT2D eigenvalue weighted by Crippen LogP contribution is -2.10. The third kappa shape index (κ3) is 7.91. The van der Waals surface area contributed by atoms with Crippen LogP contribution in [-0.4, -0.2) is 32.1 Å². The Morgan fingerprint density at radius 1 is 0.781 bits per heavy atom. The van der Waals surface area contributed by atoms with Crippen LogP contribution in [0.1, 0.15) is 54.0 Å². The van der Waals surface area contributed by atoms with Crippen LogP contribution in [0.2, 0.25) is 0 Å². The largest absolute Gasteiger partial charge is 0.490 e. The zero-order valence-corrected chi connectivity index (χ0v) is 19.3. The van der Waals surface area contributed by atoms with E-state index >= 15 is 0 Å². The van der Waals surface area contributed by atoms with Gasteiger partial charge < -0.3 is 14.2 Å². The van der Waals surface area contributed by atoms with Gasteiger partial charge in [-0.05, 0) is 81.8 Å². The molecule has 0 radical (unpaired) electrons. The summed E-state index contributed by atoms with van der Waals surface area (Å²) in [6.45, 7) is 8.88. The summed E-state index contributed by atoms with van der Waals surface area (Å²) in [5, 5.41) is 0. The molecular formula is C27H30O5. The van der Waals surface area contributed by atoms with Gasteiger partial charge in [0.05, 0.1) is 12.7 Å². The lowest BCUT2D eigenvalue weighted by atomic mass is 10.0. The van der Waals surface area contributed by atoms with Gasteiger partial charge in [-0.25, -0.2) is 4.79 Å². The van der Waals surface area contributed by atoms with E-state index in [0.29, 0.717) is 19.0 Å². The molecule has 0 aliphatic carbocycles. The van der Waals surface area contributed by atoms with Gasteiger partial charge >= 0.3 is 5.97 Å². The van der Waals surface area contributed by atoms with Crippen molar-refractivity contribution in [3.63, 3.8) is 0 Å². The van der Waals surface area contributed by atoms with Gasteiger partial charge in [0, 0.05) is 5.56 Å². The van der Waals surface area contributed by atoms with Gasteiger partial charge in [-0.2, -0.15) is 0 Å². The number of rotatable bonds is 10. The number of hydrogen-bond donors (Lipinski definition) is 0. The minimum absolute atomic E-state index is 0.167. The Morgan fingerprint density at radius 2 is 1.34 bits per heavy atom. The number of carbonyl (C=O) groups excluding carboxylic acids is 2. The van der Waals surface area contributed by atoms with Crippen molar-refractivity contribution in [3.8, 4) is 11.5 Å². The Morgan fingerprint density at radius 3 is 1.91 bits per heavy atom. The number of carbonyl (C=O) groups is 2. The molecule has 2 rings (SSSR count). The van der Waals surface area contributed by atoms with Crippen molar-refractivity contribution >= 4 is 17.8 Å². The van der Waals surface area contributed by atoms with Gasteiger partial charge in [0.25, 0.3) is 0 Å². The predicted molar refractivity (Wildman–Crippen MR) is 127 cm³/mol. The molecule has 0 aromatic heterocycles. The molecule has 0 saturated heterocycles. The zero-order valence-electron chi connectivity index (χ0n) is 19.3. The number of allylic oxidation sites excluding steroid dienone is 3. The molecule has 0 saturated carbocycles. The average molecular weight is 435 g/mol. The molecule has 0 aliphatic rings. The molecule has 5 heteroatoms. The number of benzene rings is 2. The highest BCUT2D eigenvalue weighted by molar-refractivity contribution is 6.13. The number of hydrogen-bond acceptors (Lipinski definition) is 5. The lowest BCUT2D eigenvalue weighted by molar-refractivity contribution is 0.0597. The summed E-state index contributed by atoms with van der Waals surface area (Å²) in [5.41, 5.74) is 3.59. The Bertz CT molecular complexity index is 1020. The van der Waals surface area contributed by atoms with Crippen LogP contribution in [0.5, 0.6) is 11.5 Å². The monoisotopic (exact) mass is 434 g/mol. The fourth-order valence-electron chi connectivity index (χ4n) is 2.65. The first-order chi connectivity index (χ1) is 15.3. The van der Waals surface area contributed by atoms with E-state index in [2.05, 4.69) is 0 Å². The summed E-state index contributed by atoms with van der Waals surface area (Å²) < 4.78 is 16.1. The van der Waals surface area contributed by atoms with Crippen LogP contribution in [-0.2, 0) is 4.74 Å². The van der Waals surface area contributed by atoms with Crippen LogP contribution in [0.4, 0.5) is 0 Å². The van der Waals surface area contributed by atoms with Crippen LogP contribution in [0.15, 0.2) is 71.8 Å². The molecule has 5 nitrogen and oxygen atoms in total. The minimum atomic E-state index is -0.590. The number of ketones is 1. The van der Waals surface area contributed by atoms with E-state index in [1.165, 1.54) is 24.8 Å². The van der Waals surface area contributed by atoms with Crippen molar-refractivity contribution in [1.82, 2.24) is 0 Å². The molecule has 2 aromatic carbocycles. The second kappa shape index (κ2) is 12.3. The maximum absolute atomic E-state index is 12.8. The summed E-state index contributed by atoms with van der Waals surface area (Å²) in [6.07, 6.45) is 7.06. The first kappa shape index (κ1) is 24.7. The number of esters is 1. The van der Waals surface area contributed by atoms with E-state index in [4.69, 9.17) is 14.2 Å². The average Bonchev–Trinajstić information content (AvgIpc) is 2.77. The van der Waals surface area contributed by atoms with Crippen LogP contribution in [0, 0.1) is 0 Å². The highest BCUT2D eigenvalue weighted by atomic mass is 16.5. The molecule has 0 heterocycles. The quantitative estimate of drug-likeness (QED) is 0.197. The molecule has 0 N–H and O–H groups in total. The molecule has 32 heavy (non-hydrogen) atoms. The number of methoxy groups -OCH3 is 1. The molecular weight excluding hydrogens is 404 g/mol. The van der Waals surface area contributed by atoms with E-state index in [1.54, 1.807) is 18.2 Å².